The van der Waals surface area contributed by atoms with Crippen LogP contribution in [0.25, 0.3) is 5.69 Å². The van der Waals surface area contributed by atoms with Gasteiger partial charge < -0.3 is 11.1 Å². The predicted molar refractivity (Wildman–Crippen MR) is 73.1 cm³/mol. The van der Waals surface area contributed by atoms with Gasteiger partial charge in [-0.2, -0.15) is 0 Å². The van der Waals surface area contributed by atoms with Gasteiger partial charge in [-0.05, 0) is 53.5 Å². The third-order valence-electron chi connectivity index (χ3n) is 3.41. The third-order valence-corrected chi connectivity index (χ3v) is 3.41. The number of carbonyl (C=O) groups excluding carboxylic acids is 1. The highest BCUT2D eigenvalue weighted by atomic mass is 16.1. The Kier molecular flexibility index (Phi) is 3.42. The molecule has 1 heterocycles. The molecule has 0 saturated heterocycles. The molecule has 1 unspecified atom stereocenters. The van der Waals surface area contributed by atoms with Crippen LogP contribution in [-0.4, -0.2) is 32.2 Å². The molecule has 104 valence electrons. The molecule has 0 radical (unpaired) electrons. The zero-order chi connectivity index (χ0) is 13.9. The number of carbonyl (C=O) groups is 1. The summed E-state index contributed by atoms with van der Waals surface area (Å²) < 4.78 is 1.55. The molecule has 1 saturated carbocycles. The lowest BCUT2D eigenvalue weighted by molar-refractivity contribution is -0.116. The minimum atomic E-state index is -0.0421. The number of aromatic nitrogens is 4. The van der Waals surface area contributed by atoms with Crippen LogP contribution >= 0.6 is 0 Å². The average Bonchev–Trinajstić information content (AvgIpc) is 3.15. The second-order valence-electron chi connectivity index (χ2n) is 5.05. The number of benzene rings is 1. The van der Waals surface area contributed by atoms with Gasteiger partial charge in [-0.1, -0.05) is 0 Å². The molecule has 1 aromatic heterocycles. The number of rotatable bonds is 5. The third kappa shape index (κ3) is 3.00. The molecule has 1 aliphatic rings. The van der Waals surface area contributed by atoms with Crippen molar-refractivity contribution in [1.82, 2.24) is 20.2 Å². The van der Waals surface area contributed by atoms with Gasteiger partial charge in [-0.15, -0.1) is 5.10 Å². The quantitative estimate of drug-likeness (QED) is 0.836. The number of nitrogens with one attached hydrogen (secondary N) is 1. The monoisotopic (exact) mass is 272 g/mol. The van der Waals surface area contributed by atoms with E-state index >= 15 is 0 Å². The summed E-state index contributed by atoms with van der Waals surface area (Å²) >= 11 is 0. The maximum atomic E-state index is 11.8. The lowest BCUT2D eigenvalue weighted by Gasteiger charge is -2.10. The summed E-state index contributed by atoms with van der Waals surface area (Å²) in [5, 5.41) is 13.8. The Morgan fingerprint density at radius 1 is 1.40 bits per heavy atom. The SMILES string of the molecule is NC(CC(=O)Nc1ccc(-n2cnnn2)cc1)C1CC1. The molecule has 0 bridgehead atoms. The van der Waals surface area contributed by atoms with Crippen molar-refractivity contribution in [2.75, 3.05) is 5.32 Å². The van der Waals surface area contributed by atoms with Crippen molar-refractivity contribution in [1.29, 1.82) is 0 Å². The van der Waals surface area contributed by atoms with E-state index in [0.29, 0.717) is 12.3 Å². The van der Waals surface area contributed by atoms with E-state index < -0.39 is 0 Å². The van der Waals surface area contributed by atoms with E-state index in [-0.39, 0.29) is 11.9 Å². The van der Waals surface area contributed by atoms with E-state index in [4.69, 9.17) is 5.73 Å². The lowest BCUT2D eigenvalue weighted by Crippen LogP contribution is -2.28. The smallest absolute Gasteiger partial charge is 0.225 e. The van der Waals surface area contributed by atoms with Crippen LogP contribution in [0.15, 0.2) is 30.6 Å². The Hall–Kier alpha value is -2.28. The molecular formula is C13H16N6O. The Morgan fingerprint density at radius 2 is 2.15 bits per heavy atom. The van der Waals surface area contributed by atoms with Gasteiger partial charge in [-0.3, -0.25) is 4.79 Å². The molecule has 2 aromatic rings. The molecule has 20 heavy (non-hydrogen) atoms. The van der Waals surface area contributed by atoms with Gasteiger partial charge in [0.2, 0.25) is 5.91 Å². The van der Waals surface area contributed by atoms with Gasteiger partial charge >= 0.3 is 0 Å². The minimum Gasteiger partial charge on any atom is -0.327 e. The number of anilines is 1. The van der Waals surface area contributed by atoms with Crippen LogP contribution in [0, 0.1) is 5.92 Å². The highest BCUT2D eigenvalue weighted by molar-refractivity contribution is 5.91. The summed E-state index contributed by atoms with van der Waals surface area (Å²) in [4.78, 5) is 11.8. The van der Waals surface area contributed by atoms with Gasteiger partial charge in [0.1, 0.15) is 6.33 Å². The molecular weight excluding hydrogens is 256 g/mol. The number of hydrogen-bond donors (Lipinski definition) is 2. The first-order valence-electron chi connectivity index (χ1n) is 6.61. The van der Waals surface area contributed by atoms with Crippen LogP contribution in [-0.2, 0) is 4.79 Å². The van der Waals surface area contributed by atoms with Gasteiger partial charge in [0.15, 0.2) is 0 Å². The average molecular weight is 272 g/mol. The van der Waals surface area contributed by atoms with Gasteiger partial charge in [0, 0.05) is 18.2 Å². The first-order chi connectivity index (χ1) is 9.72. The first-order valence-corrected chi connectivity index (χ1v) is 6.61. The molecule has 1 amide bonds. The molecule has 1 aromatic carbocycles. The van der Waals surface area contributed by atoms with Crippen LogP contribution in [0.1, 0.15) is 19.3 Å². The Bertz CT molecular complexity index is 575. The summed E-state index contributed by atoms with van der Waals surface area (Å²) in [6.45, 7) is 0. The van der Waals surface area contributed by atoms with Crippen molar-refractivity contribution in [3.63, 3.8) is 0 Å². The highest BCUT2D eigenvalue weighted by Crippen LogP contribution is 2.32. The molecule has 1 atom stereocenters. The molecule has 1 aliphatic carbocycles. The zero-order valence-corrected chi connectivity index (χ0v) is 10.9. The fraction of sp³-hybridized carbons (Fsp3) is 0.385. The number of hydrogen-bond acceptors (Lipinski definition) is 5. The molecule has 3 N–H and O–H groups in total. The summed E-state index contributed by atoms with van der Waals surface area (Å²) in [7, 11) is 0. The van der Waals surface area contributed by atoms with Crippen LogP contribution in [0.2, 0.25) is 0 Å². The van der Waals surface area contributed by atoms with E-state index in [0.717, 1.165) is 24.2 Å². The first kappa shape index (κ1) is 12.7. The van der Waals surface area contributed by atoms with Crippen LogP contribution < -0.4 is 11.1 Å². The standard InChI is InChI=1S/C13H16N6O/c14-12(9-1-2-9)7-13(20)16-10-3-5-11(6-4-10)19-8-15-17-18-19/h3-6,8-9,12H,1-2,7,14H2,(H,16,20). The normalized spacial score (nSPS) is 15.8. The van der Waals surface area contributed by atoms with Crippen molar-refractivity contribution in [3.8, 4) is 5.69 Å². The van der Waals surface area contributed by atoms with E-state index in [1.807, 2.05) is 24.3 Å². The molecule has 3 rings (SSSR count). The summed E-state index contributed by atoms with van der Waals surface area (Å²) in [5.41, 5.74) is 7.52. The van der Waals surface area contributed by atoms with Crippen molar-refractivity contribution < 1.29 is 4.79 Å². The van der Waals surface area contributed by atoms with Crippen LogP contribution in [0.4, 0.5) is 5.69 Å². The van der Waals surface area contributed by atoms with E-state index in [2.05, 4.69) is 20.8 Å². The van der Waals surface area contributed by atoms with Gasteiger partial charge in [-0.25, -0.2) is 4.68 Å². The second-order valence-corrected chi connectivity index (χ2v) is 5.05. The van der Waals surface area contributed by atoms with Crippen LogP contribution in [0.5, 0.6) is 0 Å². The van der Waals surface area contributed by atoms with Gasteiger partial charge in [0.25, 0.3) is 0 Å². The van der Waals surface area contributed by atoms with E-state index in [1.165, 1.54) is 6.33 Å². The Balaban J connectivity index is 1.58. The van der Waals surface area contributed by atoms with E-state index in [9.17, 15) is 4.79 Å². The summed E-state index contributed by atoms with van der Waals surface area (Å²) in [6, 6.07) is 7.30. The Morgan fingerprint density at radius 3 is 2.75 bits per heavy atom. The van der Waals surface area contributed by atoms with Crippen LogP contribution in [0.3, 0.4) is 0 Å². The number of nitrogens with two attached hydrogens (primary N) is 1. The van der Waals surface area contributed by atoms with Crippen molar-refractivity contribution in [2.24, 2.45) is 11.7 Å². The lowest BCUT2D eigenvalue weighted by atomic mass is 10.1. The maximum Gasteiger partial charge on any atom is 0.225 e. The molecule has 1 fully saturated rings. The summed E-state index contributed by atoms with van der Waals surface area (Å²) in [5.74, 6) is 0.488. The number of tetrazole rings is 1. The fourth-order valence-electron chi connectivity index (χ4n) is 2.09. The largest absolute Gasteiger partial charge is 0.327 e. The van der Waals surface area contributed by atoms with E-state index in [1.54, 1.807) is 4.68 Å². The second kappa shape index (κ2) is 5.38. The van der Waals surface area contributed by atoms with Crippen molar-refractivity contribution >= 4 is 11.6 Å². The maximum absolute atomic E-state index is 11.8. The topological polar surface area (TPSA) is 98.7 Å². The minimum absolute atomic E-state index is 0.0181. The summed E-state index contributed by atoms with van der Waals surface area (Å²) in [6.07, 6.45) is 4.19. The zero-order valence-electron chi connectivity index (χ0n) is 10.9. The molecule has 0 aliphatic heterocycles. The number of nitrogens with zero attached hydrogens (tertiary/aromatic N) is 4. The van der Waals surface area contributed by atoms with Gasteiger partial charge in [0.05, 0.1) is 5.69 Å². The fourth-order valence-corrected chi connectivity index (χ4v) is 2.09. The molecule has 0 spiro atoms. The highest BCUT2D eigenvalue weighted by Gasteiger charge is 2.29. The molecule has 7 nitrogen and oxygen atoms in total. The predicted octanol–water partition coefficient (Wildman–Crippen LogP) is 0.728. The molecule has 7 heteroatoms. The Labute approximate surface area is 116 Å². The van der Waals surface area contributed by atoms with Crippen molar-refractivity contribution in [2.45, 2.75) is 25.3 Å². The van der Waals surface area contributed by atoms with Crippen molar-refractivity contribution in [3.05, 3.63) is 30.6 Å². The number of amides is 1.